The molecule has 1 aromatic carbocycles. The maximum absolute atomic E-state index is 13.0. The number of aromatic nitrogens is 2. The molecule has 0 saturated carbocycles. The van der Waals surface area contributed by atoms with Gasteiger partial charge in [0, 0.05) is 17.1 Å². The van der Waals surface area contributed by atoms with Gasteiger partial charge < -0.3 is 10.6 Å². The monoisotopic (exact) mass is 358 g/mol. The number of nitrogens with one attached hydrogen (secondary N) is 2. The number of carbonyl (C=O) groups is 1. The lowest BCUT2D eigenvalue weighted by Crippen LogP contribution is -2.19. The Hall–Kier alpha value is -2.35. The predicted octanol–water partition coefficient (Wildman–Crippen LogP) is 4.22. The minimum absolute atomic E-state index is 0.0591. The summed E-state index contributed by atoms with van der Waals surface area (Å²) in [6.45, 7) is 3.76. The Bertz CT molecular complexity index is 750. The molecule has 2 N–H and O–H groups in total. The Morgan fingerprint density at radius 1 is 1.21 bits per heavy atom. The van der Waals surface area contributed by atoms with Crippen LogP contribution in [0.2, 0.25) is 5.02 Å². The number of anilines is 2. The lowest BCUT2D eigenvalue weighted by molar-refractivity contribution is -0.136. The molecular weight excluding hydrogens is 345 g/mol. The molecule has 1 heterocycles. The van der Waals surface area contributed by atoms with Crippen molar-refractivity contribution in [2.45, 2.75) is 26.1 Å². The van der Waals surface area contributed by atoms with Crippen molar-refractivity contribution in [3.05, 3.63) is 46.9 Å². The second-order valence-corrected chi connectivity index (χ2v) is 5.67. The summed E-state index contributed by atoms with van der Waals surface area (Å²) in [6.07, 6.45) is -3.49. The van der Waals surface area contributed by atoms with Gasteiger partial charge in [-0.25, -0.2) is 9.97 Å². The highest BCUT2D eigenvalue weighted by molar-refractivity contribution is 6.30. The molecule has 24 heavy (non-hydrogen) atoms. The second-order valence-electron chi connectivity index (χ2n) is 5.23. The first-order valence-electron chi connectivity index (χ1n) is 6.93. The van der Waals surface area contributed by atoms with Crippen molar-refractivity contribution in [3.8, 4) is 0 Å². The molecule has 9 heteroatoms. The number of amides is 1. The fraction of sp³-hybridized carbons (Fsp3) is 0.267. The topological polar surface area (TPSA) is 66.9 Å². The molecule has 0 aliphatic heterocycles. The Morgan fingerprint density at radius 2 is 1.92 bits per heavy atom. The van der Waals surface area contributed by atoms with E-state index in [1.165, 1.54) is 12.1 Å². The molecule has 0 radical (unpaired) electrons. The maximum Gasteiger partial charge on any atom is 0.418 e. The van der Waals surface area contributed by atoms with Gasteiger partial charge in [0.15, 0.2) is 0 Å². The fourth-order valence-corrected chi connectivity index (χ4v) is 2.07. The summed E-state index contributed by atoms with van der Waals surface area (Å²) in [7, 11) is 0. The van der Waals surface area contributed by atoms with E-state index in [9.17, 15) is 18.0 Å². The van der Waals surface area contributed by atoms with E-state index in [4.69, 9.17) is 11.6 Å². The van der Waals surface area contributed by atoms with Crippen LogP contribution in [0, 0.1) is 0 Å². The van der Waals surface area contributed by atoms with Crippen LogP contribution in [0.15, 0.2) is 30.6 Å². The molecule has 0 bridgehead atoms. The van der Waals surface area contributed by atoms with Gasteiger partial charge in [0.05, 0.1) is 11.3 Å². The molecule has 128 valence electrons. The van der Waals surface area contributed by atoms with Crippen molar-refractivity contribution in [1.82, 2.24) is 9.97 Å². The molecule has 1 aromatic heterocycles. The minimum Gasteiger partial charge on any atom is -0.368 e. The summed E-state index contributed by atoms with van der Waals surface area (Å²) < 4.78 is 39.1. The van der Waals surface area contributed by atoms with E-state index in [-0.39, 0.29) is 16.8 Å². The van der Waals surface area contributed by atoms with Crippen LogP contribution in [0.4, 0.5) is 24.7 Å². The van der Waals surface area contributed by atoms with Crippen molar-refractivity contribution >= 4 is 29.0 Å². The molecule has 0 atom stereocenters. The van der Waals surface area contributed by atoms with Crippen LogP contribution in [0.3, 0.4) is 0 Å². The summed E-state index contributed by atoms with van der Waals surface area (Å²) in [4.78, 5) is 19.9. The Morgan fingerprint density at radius 3 is 2.54 bits per heavy atom. The van der Waals surface area contributed by atoms with Crippen LogP contribution >= 0.6 is 11.6 Å². The SMILES string of the molecule is CC(C)Nc1cc(C(=O)Nc2ccc(Cl)cc2C(F)(F)F)ncn1. The molecule has 0 fully saturated rings. The number of alkyl halides is 3. The molecule has 0 aliphatic rings. The second kappa shape index (κ2) is 7.04. The predicted molar refractivity (Wildman–Crippen MR) is 85.2 cm³/mol. The van der Waals surface area contributed by atoms with E-state index >= 15 is 0 Å². The zero-order valence-corrected chi connectivity index (χ0v) is 13.5. The number of hydrogen-bond donors (Lipinski definition) is 2. The molecule has 0 spiro atoms. The van der Waals surface area contributed by atoms with E-state index in [1.54, 1.807) is 0 Å². The normalized spacial score (nSPS) is 11.5. The van der Waals surface area contributed by atoms with Crippen molar-refractivity contribution in [2.24, 2.45) is 0 Å². The molecular formula is C15H14ClF3N4O. The van der Waals surface area contributed by atoms with Crippen molar-refractivity contribution in [3.63, 3.8) is 0 Å². The van der Waals surface area contributed by atoms with Gasteiger partial charge in [-0.1, -0.05) is 11.6 Å². The molecule has 5 nitrogen and oxygen atoms in total. The molecule has 1 amide bonds. The summed E-state index contributed by atoms with van der Waals surface area (Å²) in [5.74, 6) is -0.380. The van der Waals surface area contributed by atoms with Gasteiger partial charge in [-0.05, 0) is 32.0 Å². The van der Waals surface area contributed by atoms with Gasteiger partial charge in [-0.2, -0.15) is 13.2 Å². The molecule has 0 saturated heterocycles. The number of nitrogens with zero attached hydrogens (tertiary/aromatic N) is 2. The van der Waals surface area contributed by atoms with E-state index in [2.05, 4.69) is 20.6 Å². The smallest absolute Gasteiger partial charge is 0.368 e. The Kier molecular flexibility index (Phi) is 5.28. The largest absolute Gasteiger partial charge is 0.418 e. The average molecular weight is 359 g/mol. The van der Waals surface area contributed by atoms with Crippen LogP contribution in [-0.2, 0) is 6.18 Å². The highest BCUT2D eigenvalue weighted by Gasteiger charge is 2.34. The molecule has 2 aromatic rings. The van der Waals surface area contributed by atoms with Gasteiger partial charge in [-0.3, -0.25) is 4.79 Å². The van der Waals surface area contributed by atoms with Crippen molar-refractivity contribution < 1.29 is 18.0 Å². The average Bonchev–Trinajstić information content (AvgIpc) is 2.47. The number of carbonyl (C=O) groups excluding carboxylic acids is 1. The lowest BCUT2D eigenvalue weighted by atomic mass is 10.1. The maximum atomic E-state index is 13.0. The third-order valence-electron chi connectivity index (χ3n) is 2.87. The highest BCUT2D eigenvalue weighted by Crippen LogP contribution is 2.36. The third-order valence-corrected chi connectivity index (χ3v) is 3.11. The zero-order chi connectivity index (χ0) is 17.9. The number of benzene rings is 1. The summed E-state index contributed by atoms with van der Waals surface area (Å²) in [5, 5.41) is 5.11. The lowest BCUT2D eigenvalue weighted by Gasteiger charge is -2.14. The van der Waals surface area contributed by atoms with Gasteiger partial charge in [0.1, 0.15) is 17.8 Å². The van der Waals surface area contributed by atoms with Crippen LogP contribution in [0.1, 0.15) is 29.9 Å². The van der Waals surface area contributed by atoms with E-state index < -0.39 is 23.3 Å². The van der Waals surface area contributed by atoms with Gasteiger partial charge in [0.25, 0.3) is 5.91 Å². The third kappa shape index (κ3) is 4.58. The van der Waals surface area contributed by atoms with Gasteiger partial charge in [0.2, 0.25) is 0 Å². The van der Waals surface area contributed by atoms with E-state index in [0.717, 1.165) is 18.5 Å². The number of hydrogen-bond acceptors (Lipinski definition) is 4. The number of halogens is 4. The van der Waals surface area contributed by atoms with Crippen molar-refractivity contribution in [1.29, 1.82) is 0 Å². The van der Waals surface area contributed by atoms with Crippen LogP contribution < -0.4 is 10.6 Å². The quantitative estimate of drug-likeness (QED) is 0.858. The van der Waals surface area contributed by atoms with Gasteiger partial charge >= 0.3 is 6.18 Å². The summed E-state index contributed by atoms with van der Waals surface area (Å²) >= 11 is 5.60. The first kappa shape index (κ1) is 18.0. The van der Waals surface area contributed by atoms with Crippen molar-refractivity contribution in [2.75, 3.05) is 10.6 Å². The molecule has 0 unspecified atom stereocenters. The van der Waals surface area contributed by atoms with E-state index in [1.807, 2.05) is 13.8 Å². The zero-order valence-electron chi connectivity index (χ0n) is 12.8. The fourth-order valence-electron chi connectivity index (χ4n) is 1.90. The summed E-state index contributed by atoms with van der Waals surface area (Å²) in [6, 6.07) is 4.54. The highest BCUT2D eigenvalue weighted by atomic mass is 35.5. The molecule has 2 rings (SSSR count). The Labute approximate surface area is 141 Å². The Balaban J connectivity index is 2.27. The van der Waals surface area contributed by atoms with Crippen LogP contribution in [-0.4, -0.2) is 21.9 Å². The van der Waals surface area contributed by atoms with Gasteiger partial charge in [-0.15, -0.1) is 0 Å². The van der Waals surface area contributed by atoms with E-state index in [0.29, 0.717) is 5.82 Å². The standard InChI is InChI=1S/C15H14ClF3N4O/c1-8(2)22-13-6-12(20-7-21-13)14(24)23-11-4-3-9(16)5-10(11)15(17,18)19/h3-8H,1-2H3,(H,23,24)(H,20,21,22). The first-order chi connectivity index (χ1) is 11.2. The molecule has 0 aliphatic carbocycles. The van der Waals surface area contributed by atoms with Crippen LogP contribution in [0.5, 0.6) is 0 Å². The summed E-state index contributed by atoms with van der Waals surface area (Å²) in [5.41, 5.74) is -1.48. The first-order valence-corrected chi connectivity index (χ1v) is 7.31. The van der Waals surface area contributed by atoms with Crippen LogP contribution in [0.25, 0.3) is 0 Å². The minimum atomic E-state index is -4.65. The number of rotatable bonds is 4.